The molecule has 0 spiro atoms. The molecule has 0 fully saturated rings. The van der Waals surface area contributed by atoms with Crippen LogP contribution in [0, 0.1) is 0 Å². The van der Waals surface area contributed by atoms with E-state index in [0.29, 0.717) is 4.83 Å². The van der Waals surface area contributed by atoms with Gasteiger partial charge in [0.15, 0.2) is 0 Å². The maximum Gasteiger partial charge on any atom is 0.0753 e. The van der Waals surface area contributed by atoms with E-state index < -0.39 is 0 Å². The normalized spacial score (nSPS) is 13.5. The minimum Gasteiger partial charge on any atom is -0.121 e. The smallest absolute Gasteiger partial charge is 0.0753 e. The first-order valence-corrected chi connectivity index (χ1v) is 6.55. The quantitative estimate of drug-likeness (QED) is 0.640. The molecule has 1 rings (SSSR count). The SMILES string of the molecule is CCC(Br)c1cc(Br)sc1Br. The first kappa shape index (κ1) is 10.2. The van der Waals surface area contributed by atoms with E-state index in [1.807, 2.05) is 0 Å². The van der Waals surface area contributed by atoms with Gasteiger partial charge in [0.25, 0.3) is 0 Å². The van der Waals surface area contributed by atoms with Crippen LogP contribution in [0.15, 0.2) is 13.6 Å². The highest BCUT2D eigenvalue weighted by Crippen LogP contribution is 2.39. The minimum absolute atomic E-state index is 0.472. The monoisotopic (exact) mass is 360 g/mol. The highest BCUT2D eigenvalue weighted by molar-refractivity contribution is 9.12. The Bertz CT molecular complexity index is 244. The van der Waals surface area contributed by atoms with Crippen LogP contribution in [0.25, 0.3) is 0 Å². The molecule has 1 heterocycles. The molecular formula is C7H7Br3S. The standard InChI is InChI=1S/C7H7Br3S/c1-2-5(8)4-3-6(9)11-7(4)10/h3,5H,2H2,1H3. The van der Waals surface area contributed by atoms with Gasteiger partial charge in [0.1, 0.15) is 0 Å². The largest absolute Gasteiger partial charge is 0.121 e. The van der Waals surface area contributed by atoms with Crippen molar-refractivity contribution in [2.45, 2.75) is 18.2 Å². The molecule has 1 aromatic rings. The van der Waals surface area contributed by atoms with Gasteiger partial charge in [-0.3, -0.25) is 0 Å². The van der Waals surface area contributed by atoms with E-state index >= 15 is 0 Å². The van der Waals surface area contributed by atoms with Gasteiger partial charge in [-0.1, -0.05) is 22.9 Å². The number of alkyl halides is 1. The van der Waals surface area contributed by atoms with Crippen molar-refractivity contribution >= 4 is 59.1 Å². The average Bonchev–Trinajstić information content (AvgIpc) is 2.28. The summed E-state index contributed by atoms with van der Waals surface area (Å²) in [5, 5.41) is 0. The molecule has 0 amide bonds. The molecule has 0 saturated heterocycles. The number of halogens is 3. The number of rotatable bonds is 2. The van der Waals surface area contributed by atoms with E-state index in [1.165, 1.54) is 13.1 Å². The summed E-state index contributed by atoms with van der Waals surface area (Å²) in [5.74, 6) is 0. The predicted molar refractivity (Wildman–Crippen MR) is 61.7 cm³/mol. The van der Waals surface area contributed by atoms with Crippen molar-refractivity contribution in [3.8, 4) is 0 Å². The summed E-state index contributed by atoms with van der Waals surface area (Å²) < 4.78 is 2.39. The Labute approximate surface area is 95.8 Å². The van der Waals surface area contributed by atoms with Crippen LogP contribution >= 0.6 is 59.1 Å². The second kappa shape index (κ2) is 4.40. The molecule has 0 N–H and O–H groups in total. The molecule has 0 nitrogen and oxygen atoms in total. The van der Waals surface area contributed by atoms with Crippen molar-refractivity contribution in [2.24, 2.45) is 0 Å². The maximum atomic E-state index is 3.60. The third-order valence-electron chi connectivity index (χ3n) is 1.38. The Morgan fingerprint density at radius 1 is 1.55 bits per heavy atom. The van der Waals surface area contributed by atoms with Crippen LogP contribution in [0.4, 0.5) is 0 Å². The van der Waals surface area contributed by atoms with E-state index in [-0.39, 0.29) is 0 Å². The van der Waals surface area contributed by atoms with E-state index in [2.05, 4.69) is 60.8 Å². The average molecular weight is 363 g/mol. The summed E-state index contributed by atoms with van der Waals surface area (Å²) in [4.78, 5) is 0.472. The number of hydrogen-bond donors (Lipinski definition) is 0. The molecule has 11 heavy (non-hydrogen) atoms. The van der Waals surface area contributed by atoms with Gasteiger partial charge in [-0.2, -0.15) is 0 Å². The molecule has 1 atom stereocenters. The fraction of sp³-hybridized carbons (Fsp3) is 0.429. The Kier molecular flexibility index (Phi) is 4.09. The van der Waals surface area contributed by atoms with Crippen molar-refractivity contribution in [1.82, 2.24) is 0 Å². The Hall–Kier alpha value is 1.14. The highest BCUT2D eigenvalue weighted by Gasteiger charge is 2.11. The predicted octanol–water partition coefficient (Wildman–Crippen LogP) is 5.12. The second-order valence-corrected chi connectivity index (χ2v) is 7.01. The summed E-state index contributed by atoms with van der Waals surface area (Å²) in [7, 11) is 0. The summed E-state index contributed by atoms with van der Waals surface area (Å²) in [6.07, 6.45) is 1.11. The van der Waals surface area contributed by atoms with Gasteiger partial charge in [-0.25, -0.2) is 0 Å². The fourth-order valence-corrected chi connectivity index (χ4v) is 4.58. The van der Waals surface area contributed by atoms with Gasteiger partial charge in [0.05, 0.1) is 7.57 Å². The summed E-state index contributed by atoms with van der Waals surface area (Å²) in [6.45, 7) is 2.16. The number of thiophene rings is 1. The summed E-state index contributed by atoms with van der Waals surface area (Å²) in [6, 6.07) is 2.15. The van der Waals surface area contributed by atoms with Crippen molar-refractivity contribution < 1.29 is 0 Å². The molecule has 0 aliphatic carbocycles. The van der Waals surface area contributed by atoms with Crippen LogP contribution in [-0.2, 0) is 0 Å². The maximum absolute atomic E-state index is 3.60. The van der Waals surface area contributed by atoms with Gasteiger partial charge in [0.2, 0.25) is 0 Å². The van der Waals surface area contributed by atoms with Gasteiger partial charge in [-0.05, 0) is 49.9 Å². The van der Waals surface area contributed by atoms with Crippen LogP contribution in [0.2, 0.25) is 0 Å². The lowest BCUT2D eigenvalue weighted by atomic mass is 10.2. The first-order chi connectivity index (χ1) is 5.15. The molecule has 4 heteroatoms. The second-order valence-electron chi connectivity index (χ2n) is 2.16. The highest BCUT2D eigenvalue weighted by atomic mass is 79.9. The van der Waals surface area contributed by atoms with E-state index in [1.54, 1.807) is 11.3 Å². The Balaban J connectivity index is 2.93. The van der Waals surface area contributed by atoms with E-state index in [4.69, 9.17) is 0 Å². The third kappa shape index (κ3) is 2.54. The molecule has 0 bridgehead atoms. The topological polar surface area (TPSA) is 0 Å². The zero-order chi connectivity index (χ0) is 8.43. The molecule has 0 aliphatic rings. The van der Waals surface area contributed by atoms with Crippen molar-refractivity contribution in [3.63, 3.8) is 0 Å². The van der Waals surface area contributed by atoms with E-state index in [0.717, 1.165) is 6.42 Å². The lowest BCUT2D eigenvalue weighted by molar-refractivity contribution is 0.912. The molecule has 1 unspecified atom stereocenters. The molecule has 0 aliphatic heterocycles. The van der Waals surface area contributed by atoms with Crippen molar-refractivity contribution in [1.29, 1.82) is 0 Å². The Morgan fingerprint density at radius 2 is 2.18 bits per heavy atom. The van der Waals surface area contributed by atoms with Crippen LogP contribution in [0.3, 0.4) is 0 Å². The summed E-state index contributed by atoms with van der Waals surface area (Å²) in [5.41, 5.74) is 1.34. The molecular weight excluding hydrogens is 356 g/mol. The molecule has 62 valence electrons. The van der Waals surface area contributed by atoms with E-state index in [9.17, 15) is 0 Å². The molecule has 0 aromatic carbocycles. The molecule has 1 aromatic heterocycles. The van der Waals surface area contributed by atoms with Crippen molar-refractivity contribution in [3.05, 3.63) is 19.2 Å². The Morgan fingerprint density at radius 3 is 2.55 bits per heavy atom. The molecule has 0 radical (unpaired) electrons. The van der Waals surface area contributed by atoms with Crippen LogP contribution in [0.5, 0.6) is 0 Å². The van der Waals surface area contributed by atoms with Gasteiger partial charge in [0, 0.05) is 4.83 Å². The first-order valence-electron chi connectivity index (χ1n) is 3.24. The van der Waals surface area contributed by atoms with Gasteiger partial charge in [-0.15, -0.1) is 11.3 Å². The minimum atomic E-state index is 0.472. The van der Waals surface area contributed by atoms with Crippen LogP contribution < -0.4 is 0 Å². The molecule has 0 saturated carbocycles. The lowest BCUT2D eigenvalue weighted by Gasteiger charge is -2.03. The zero-order valence-electron chi connectivity index (χ0n) is 5.90. The summed E-state index contributed by atoms with van der Waals surface area (Å²) >= 11 is 12.3. The third-order valence-corrected chi connectivity index (χ3v) is 4.91. The van der Waals surface area contributed by atoms with Gasteiger partial charge < -0.3 is 0 Å². The fourth-order valence-electron chi connectivity index (χ4n) is 0.786. The zero-order valence-corrected chi connectivity index (χ0v) is 11.5. The van der Waals surface area contributed by atoms with Gasteiger partial charge >= 0.3 is 0 Å². The van der Waals surface area contributed by atoms with Crippen LogP contribution in [-0.4, -0.2) is 0 Å². The van der Waals surface area contributed by atoms with Crippen LogP contribution in [0.1, 0.15) is 23.7 Å². The number of hydrogen-bond acceptors (Lipinski definition) is 1. The lowest BCUT2D eigenvalue weighted by Crippen LogP contribution is -1.83. The van der Waals surface area contributed by atoms with Crippen molar-refractivity contribution in [2.75, 3.05) is 0 Å².